The Balaban J connectivity index is 2.27. The Bertz CT molecular complexity index is 374. The molecule has 0 fully saturated rings. The second-order valence-corrected chi connectivity index (χ2v) is 4.29. The van der Waals surface area contributed by atoms with Gasteiger partial charge in [-0.3, -0.25) is 0 Å². The lowest BCUT2D eigenvalue weighted by atomic mass is 9.94. The fourth-order valence-electron chi connectivity index (χ4n) is 2.18. The predicted octanol–water partition coefficient (Wildman–Crippen LogP) is 2.90. The molecule has 0 radical (unpaired) electrons. The molecule has 0 saturated carbocycles. The normalized spacial score (nSPS) is 19.4. The number of unbranched alkanes of at least 4 members (excludes halogenated alkanes) is 1. The summed E-state index contributed by atoms with van der Waals surface area (Å²) >= 11 is 0. The van der Waals surface area contributed by atoms with E-state index in [1.807, 2.05) is 0 Å². The Morgan fingerprint density at radius 1 is 1.31 bits per heavy atom. The molecule has 1 aromatic rings. The van der Waals surface area contributed by atoms with Crippen molar-refractivity contribution < 1.29 is 14.9 Å². The van der Waals surface area contributed by atoms with Crippen molar-refractivity contribution in [3.8, 4) is 11.5 Å². The van der Waals surface area contributed by atoms with E-state index in [-0.39, 0.29) is 17.6 Å². The molecule has 1 aliphatic heterocycles. The summed E-state index contributed by atoms with van der Waals surface area (Å²) in [6, 6.07) is 3.30. The largest absolute Gasteiger partial charge is 0.504 e. The highest BCUT2D eigenvalue weighted by molar-refractivity contribution is 5.47. The summed E-state index contributed by atoms with van der Waals surface area (Å²) < 4.78 is 5.71. The van der Waals surface area contributed by atoms with Crippen LogP contribution in [0.25, 0.3) is 0 Å². The number of phenols is 2. The van der Waals surface area contributed by atoms with Crippen molar-refractivity contribution in [2.45, 2.75) is 38.7 Å². The summed E-state index contributed by atoms with van der Waals surface area (Å²) in [5, 5.41) is 19.0. The number of phenolic OH excluding ortho intramolecular Hbond substituents is 2. The van der Waals surface area contributed by atoms with Crippen LogP contribution >= 0.6 is 0 Å². The van der Waals surface area contributed by atoms with Gasteiger partial charge in [0.1, 0.15) is 0 Å². The molecular weight excluding hydrogens is 204 g/mol. The zero-order chi connectivity index (χ0) is 11.5. The lowest BCUT2D eigenvalue weighted by Crippen LogP contribution is -2.16. The third-order valence-corrected chi connectivity index (χ3v) is 3.09. The van der Waals surface area contributed by atoms with Crippen LogP contribution in [-0.4, -0.2) is 16.8 Å². The summed E-state index contributed by atoms with van der Waals surface area (Å²) in [4.78, 5) is 0. The van der Waals surface area contributed by atoms with E-state index in [2.05, 4.69) is 6.92 Å². The van der Waals surface area contributed by atoms with Crippen LogP contribution in [0.2, 0.25) is 0 Å². The molecule has 2 N–H and O–H groups in total. The SMILES string of the molecule is CCCCC1OCCc2cc(O)c(O)cc21. The van der Waals surface area contributed by atoms with E-state index in [4.69, 9.17) is 4.74 Å². The summed E-state index contributed by atoms with van der Waals surface area (Å²) in [5.74, 6) is -0.0827. The topological polar surface area (TPSA) is 49.7 Å². The van der Waals surface area contributed by atoms with Gasteiger partial charge in [-0.2, -0.15) is 0 Å². The zero-order valence-electron chi connectivity index (χ0n) is 9.57. The molecule has 0 amide bonds. The van der Waals surface area contributed by atoms with Gasteiger partial charge < -0.3 is 14.9 Å². The highest BCUT2D eigenvalue weighted by Crippen LogP contribution is 2.37. The first-order chi connectivity index (χ1) is 7.72. The van der Waals surface area contributed by atoms with Gasteiger partial charge in [0.25, 0.3) is 0 Å². The molecule has 0 aliphatic carbocycles. The van der Waals surface area contributed by atoms with Gasteiger partial charge in [0.05, 0.1) is 12.7 Å². The minimum atomic E-state index is -0.0502. The minimum Gasteiger partial charge on any atom is -0.504 e. The third-order valence-electron chi connectivity index (χ3n) is 3.09. The molecule has 0 spiro atoms. The van der Waals surface area contributed by atoms with Gasteiger partial charge >= 0.3 is 0 Å². The van der Waals surface area contributed by atoms with Crippen molar-refractivity contribution in [1.29, 1.82) is 0 Å². The molecule has 16 heavy (non-hydrogen) atoms. The predicted molar refractivity (Wildman–Crippen MR) is 61.7 cm³/mol. The fourth-order valence-corrected chi connectivity index (χ4v) is 2.18. The summed E-state index contributed by atoms with van der Waals surface area (Å²) in [7, 11) is 0. The zero-order valence-corrected chi connectivity index (χ0v) is 9.57. The van der Waals surface area contributed by atoms with Gasteiger partial charge in [-0.1, -0.05) is 19.8 Å². The number of fused-ring (bicyclic) bond motifs is 1. The first-order valence-corrected chi connectivity index (χ1v) is 5.88. The van der Waals surface area contributed by atoms with Crippen LogP contribution in [0, 0.1) is 0 Å². The van der Waals surface area contributed by atoms with Gasteiger partial charge in [-0.15, -0.1) is 0 Å². The Hall–Kier alpha value is -1.22. The maximum absolute atomic E-state index is 9.51. The van der Waals surface area contributed by atoms with E-state index < -0.39 is 0 Å². The van der Waals surface area contributed by atoms with Crippen molar-refractivity contribution in [3.63, 3.8) is 0 Å². The quantitative estimate of drug-likeness (QED) is 0.773. The first-order valence-electron chi connectivity index (χ1n) is 5.88. The molecule has 0 bridgehead atoms. The van der Waals surface area contributed by atoms with E-state index in [1.165, 1.54) is 0 Å². The van der Waals surface area contributed by atoms with Crippen molar-refractivity contribution in [3.05, 3.63) is 23.3 Å². The number of rotatable bonds is 3. The molecule has 3 nitrogen and oxygen atoms in total. The van der Waals surface area contributed by atoms with Crippen LogP contribution in [0.5, 0.6) is 11.5 Å². The van der Waals surface area contributed by atoms with Crippen LogP contribution in [0.3, 0.4) is 0 Å². The number of ether oxygens (including phenoxy) is 1. The van der Waals surface area contributed by atoms with Crippen molar-refractivity contribution in [1.82, 2.24) is 0 Å². The maximum atomic E-state index is 9.51. The number of aromatic hydroxyl groups is 2. The standard InChI is InChI=1S/C13H18O3/c1-2-3-4-13-10-8-12(15)11(14)7-9(10)5-6-16-13/h7-8,13-15H,2-6H2,1H3. The molecule has 1 aromatic carbocycles. The van der Waals surface area contributed by atoms with Crippen molar-refractivity contribution in [2.75, 3.05) is 6.61 Å². The molecule has 2 rings (SSSR count). The van der Waals surface area contributed by atoms with Gasteiger partial charge in [-0.25, -0.2) is 0 Å². The Kier molecular flexibility index (Phi) is 3.34. The maximum Gasteiger partial charge on any atom is 0.157 e. The highest BCUT2D eigenvalue weighted by atomic mass is 16.5. The molecule has 1 heterocycles. The fraction of sp³-hybridized carbons (Fsp3) is 0.538. The third kappa shape index (κ3) is 2.14. The summed E-state index contributed by atoms with van der Waals surface area (Å²) in [6.07, 6.45) is 4.13. The molecule has 1 atom stereocenters. The Labute approximate surface area is 95.7 Å². The van der Waals surface area contributed by atoms with Gasteiger partial charge in [-0.05, 0) is 36.1 Å². The van der Waals surface area contributed by atoms with Crippen LogP contribution in [0.1, 0.15) is 43.4 Å². The van der Waals surface area contributed by atoms with Crippen LogP contribution < -0.4 is 0 Å². The molecule has 3 heteroatoms. The number of benzene rings is 1. The van der Waals surface area contributed by atoms with Gasteiger partial charge in [0.15, 0.2) is 11.5 Å². The van der Waals surface area contributed by atoms with Crippen LogP contribution in [0.15, 0.2) is 12.1 Å². The van der Waals surface area contributed by atoms with E-state index in [1.54, 1.807) is 12.1 Å². The lowest BCUT2D eigenvalue weighted by Gasteiger charge is -2.26. The second kappa shape index (κ2) is 4.74. The van der Waals surface area contributed by atoms with E-state index in [0.29, 0.717) is 6.61 Å². The van der Waals surface area contributed by atoms with Crippen LogP contribution in [0.4, 0.5) is 0 Å². The van der Waals surface area contributed by atoms with Crippen LogP contribution in [-0.2, 0) is 11.2 Å². The molecular formula is C13H18O3. The number of hydrogen-bond donors (Lipinski definition) is 2. The highest BCUT2D eigenvalue weighted by Gasteiger charge is 2.22. The van der Waals surface area contributed by atoms with Gasteiger partial charge in [0, 0.05) is 0 Å². The van der Waals surface area contributed by atoms with Crippen molar-refractivity contribution >= 4 is 0 Å². The van der Waals surface area contributed by atoms with E-state index >= 15 is 0 Å². The lowest BCUT2D eigenvalue weighted by molar-refractivity contribution is 0.0348. The Morgan fingerprint density at radius 3 is 2.81 bits per heavy atom. The molecule has 1 aliphatic rings. The monoisotopic (exact) mass is 222 g/mol. The molecule has 0 aromatic heterocycles. The summed E-state index contributed by atoms with van der Waals surface area (Å²) in [5.41, 5.74) is 2.14. The average molecular weight is 222 g/mol. The summed E-state index contributed by atoms with van der Waals surface area (Å²) in [6.45, 7) is 2.85. The van der Waals surface area contributed by atoms with Crippen molar-refractivity contribution in [2.24, 2.45) is 0 Å². The molecule has 0 saturated heterocycles. The van der Waals surface area contributed by atoms with E-state index in [0.717, 1.165) is 36.8 Å². The second-order valence-electron chi connectivity index (χ2n) is 4.29. The molecule has 1 unspecified atom stereocenters. The Morgan fingerprint density at radius 2 is 2.06 bits per heavy atom. The minimum absolute atomic E-state index is 0.0325. The smallest absolute Gasteiger partial charge is 0.157 e. The molecule has 88 valence electrons. The number of hydrogen-bond acceptors (Lipinski definition) is 3. The first kappa shape index (κ1) is 11.3. The average Bonchev–Trinajstić information content (AvgIpc) is 2.28. The van der Waals surface area contributed by atoms with E-state index in [9.17, 15) is 10.2 Å². The van der Waals surface area contributed by atoms with Gasteiger partial charge in [0.2, 0.25) is 0 Å².